The molecule has 2 heterocycles. The van der Waals surface area contributed by atoms with E-state index in [1.165, 1.54) is 0 Å². The molecule has 0 atom stereocenters. The summed E-state index contributed by atoms with van der Waals surface area (Å²) in [4.78, 5) is 16.7. The van der Waals surface area contributed by atoms with Crippen molar-refractivity contribution in [2.45, 2.75) is 19.8 Å². The van der Waals surface area contributed by atoms with Gasteiger partial charge < -0.3 is 14.2 Å². The summed E-state index contributed by atoms with van der Waals surface area (Å²) in [6.07, 6.45) is 1.16. The van der Waals surface area contributed by atoms with Gasteiger partial charge in [-0.15, -0.1) is 0 Å². The first kappa shape index (κ1) is 17.2. The van der Waals surface area contributed by atoms with Crippen LogP contribution in [0, 0.1) is 0 Å². The van der Waals surface area contributed by atoms with E-state index in [0.717, 1.165) is 54.3 Å². The molecule has 0 aliphatic carbocycles. The molecule has 2 aromatic rings. The minimum Gasteiger partial charge on any atom is -0.461 e. The average molecular weight is 391 g/mol. The highest BCUT2D eigenvalue weighted by atomic mass is 79.9. The summed E-state index contributed by atoms with van der Waals surface area (Å²) >= 11 is 3.54. The first-order chi connectivity index (χ1) is 11.7. The topological polar surface area (TPSA) is 36.7 Å². The SMILES string of the molecule is CCN1CCN(C(=O)CCc2ccc(-c3ccccc3Br)o2)CC1. The molecule has 1 amide bonds. The summed E-state index contributed by atoms with van der Waals surface area (Å²) in [7, 11) is 0. The predicted molar refractivity (Wildman–Crippen MR) is 98.9 cm³/mol. The molecule has 0 spiro atoms. The highest BCUT2D eigenvalue weighted by molar-refractivity contribution is 9.10. The van der Waals surface area contributed by atoms with E-state index in [9.17, 15) is 4.79 Å². The van der Waals surface area contributed by atoms with E-state index in [1.807, 2.05) is 41.3 Å². The highest BCUT2D eigenvalue weighted by Crippen LogP contribution is 2.29. The Bertz CT molecular complexity index is 690. The fraction of sp³-hybridized carbons (Fsp3) is 0.421. The number of carbonyl (C=O) groups is 1. The minimum absolute atomic E-state index is 0.226. The summed E-state index contributed by atoms with van der Waals surface area (Å²) < 4.78 is 6.92. The molecule has 3 rings (SSSR count). The van der Waals surface area contributed by atoms with Crippen LogP contribution in [0.1, 0.15) is 19.1 Å². The monoisotopic (exact) mass is 390 g/mol. The third-order valence-corrected chi connectivity index (χ3v) is 5.25. The summed E-state index contributed by atoms with van der Waals surface area (Å²) in [6, 6.07) is 11.9. The molecule has 0 radical (unpaired) electrons. The normalized spacial score (nSPS) is 15.7. The second-order valence-corrected chi connectivity index (χ2v) is 6.92. The van der Waals surface area contributed by atoms with Gasteiger partial charge >= 0.3 is 0 Å². The van der Waals surface area contributed by atoms with Crippen LogP contribution in [0.2, 0.25) is 0 Å². The van der Waals surface area contributed by atoms with Crippen molar-refractivity contribution in [1.82, 2.24) is 9.80 Å². The van der Waals surface area contributed by atoms with Gasteiger partial charge in [0.15, 0.2) is 0 Å². The molecule has 1 aliphatic heterocycles. The maximum Gasteiger partial charge on any atom is 0.223 e. The maximum absolute atomic E-state index is 12.4. The molecule has 128 valence electrons. The van der Waals surface area contributed by atoms with E-state index >= 15 is 0 Å². The fourth-order valence-electron chi connectivity index (χ4n) is 3.02. The zero-order valence-electron chi connectivity index (χ0n) is 14.0. The number of hydrogen-bond donors (Lipinski definition) is 0. The number of nitrogens with zero attached hydrogens (tertiary/aromatic N) is 2. The van der Waals surface area contributed by atoms with Gasteiger partial charge in [0.1, 0.15) is 11.5 Å². The van der Waals surface area contributed by atoms with E-state index in [0.29, 0.717) is 12.8 Å². The number of furan rings is 1. The molecule has 5 heteroatoms. The predicted octanol–water partition coefficient (Wildman–Crippen LogP) is 3.81. The molecule has 1 aromatic heterocycles. The molecular formula is C19H23BrN2O2. The summed E-state index contributed by atoms with van der Waals surface area (Å²) in [5.41, 5.74) is 1.03. The molecule has 4 nitrogen and oxygen atoms in total. The Balaban J connectivity index is 1.54. The van der Waals surface area contributed by atoms with E-state index in [2.05, 4.69) is 27.8 Å². The van der Waals surface area contributed by atoms with E-state index < -0.39 is 0 Å². The first-order valence-electron chi connectivity index (χ1n) is 8.51. The van der Waals surface area contributed by atoms with Crippen molar-refractivity contribution in [1.29, 1.82) is 0 Å². The van der Waals surface area contributed by atoms with Crippen molar-refractivity contribution in [2.75, 3.05) is 32.7 Å². The number of rotatable bonds is 5. The second kappa shape index (κ2) is 7.99. The molecule has 1 aromatic carbocycles. The van der Waals surface area contributed by atoms with Gasteiger partial charge in [-0.2, -0.15) is 0 Å². The Morgan fingerprint density at radius 2 is 1.88 bits per heavy atom. The van der Waals surface area contributed by atoms with Crippen molar-refractivity contribution in [3.05, 3.63) is 46.6 Å². The van der Waals surface area contributed by atoms with Crippen LogP contribution >= 0.6 is 15.9 Å². The van der Waals surface area contributed by atoms with Crippen LogP contribution in [-0.2, 0) is 11.2 Å². The van der Waals surface area contributed by atoms with Gasteiger partial charge in [0.25, 0.3) is 0 Å². The Morgan fingerprint density at radius 1 is 1.12 bits per heavy atom. The van der Waals surface area contributed by atoms with Crippen molar-refractivity contribution >= 4 is 21.8 Å². The molecule has 24 heavy (non-hydrogen) atoms. The third-order valence-electron chi connectivity index (χ3n) is 4.56. The zero-order valence-corrected chi connectivity index (χ0v) is 15.6. The highest BCUT2D eigenvalue weighted by Gasteiger charge is 2.20. The molecule has 0 bridgehead atoms. The van der Waals surface area contributed by atoms with Gasteiger partial charge in [-0.25, -0.2) is 0 Å². The minimum atomic E-state index is 0.226. The van der Waals surface area contributed by atoms with Gasteiger partial charge in [0, 0.05) is 49.1 Å². The van der Waals surface area contributed by atoms with E-state index in [1.54, 1.807) is 0 Å². The number of benzene rings is 1. The van der Waals surface area contributed by atoms with E-state index in [-0.39, 0.29) is 5.91 Å². The van der Waals surface area contributed by atoms with Gasteiger partial charge in [0.2, 0.25) is 5.91 Å². The number of carbonyl (C=O) groups excluding carboxylic acids is 1. The zero-order chi connectivity index (χ0) is 16.9. The molecule has 0 N–H and O–H groups in total. The molecular weight excluding hydrogens is 368 g/mol. The molecule has 1 fully saturated rings. The van der Waals surface area contributed by atoms with Crippen molar-refractivity contribution < 1.29 is 9.21 Å². The van der Waals surface area contributed by atoms with Gasteiger partial charge in [-0.05, 0) is 24.7 Å². The largest absolute Gasteiger partial charge is 0.461 e. The number of hydrogen-bond acceptors (Lipinski definition) is 3. The van der Waals surface area contributed by atoms with Gasteiger partial charge in [0.05, 0.1) is 0 Å². The number of amides is 1. The smallest absolute Gasteiger partial charge is 0.223 e. The van der Waals surface area contributed by atoms with Gasteiger partial charge in [-0.1, -0.05) is 41.1 Å². The average Bonchev–Trinajstić information content (AvgIpc) is 3.09. The third kappa shape index (κ3) is 4.08. The van der Waals surface area contributed by atoms with Crippen molar-refractivity contribution in [2.24, 2.45) is 0 Å². The second-order valence-electron chi connectivity index (χ2n) is 6.06. The van der Waals surface area contributed by atoms with Crippen LogP contribution in [0.15, 0.2) is 45.3 Å². The van der Waals surface area contributed by atoms with Crippen LogP contribution in [-0.4, -0.2) is 48.4 Å². The van der Waals surface area contributed by atoms with Crippen LogP contribution in [0.25, 0.3) is 11.3 Å². The lowest BCUT2D eigenvalue weighted by atomic mass is 10.2. The Kier molecular flexibility index (Phi) is 5.74. The van der Waals surface area contributed by atoms with Crippen molar-refractivity contribution in [3.8, 4) is 11.3 Å². The van der Waals surface area contributed by atoms with Crippen LogP contribution in [0.3, 0.4) is 0 Å². The summed E-state index contributed by atoms with van der Waals surface area (Å²) in [5.74, 6) is 1.92. The number of aryl methyl sites for hydroxylation is 1. The standard InChI is InChI=1S/C19H23BrN2O2/c1-2-21-11-13-22(14-12-21)19(23)10-8-15-7-9-18(24-15)16-5-3-4-6-17(16)20/h3-7,9H,2,8,10-14H2,1H3. The summed E-state index contributed by atoms with van der Waals surface area (Å²) in [6.45, 7) is 6.87. The number of halogens is 1. The Morgan fingerprint density at radius 3 is 2.58 bits per heavy atom. The molecule has 1 saturated heterocycles. The first-order valence-corrected chi connectivity index (χ1v) is 9.30. The lowest BCUT2D eigenvalue weighted by Crippen LogP contribution is -2.48. The van der Waals surface area contributed by atoms with E-state index in [4.69, 9.17) is 4.42 Å². The lowest BCUT2D eigenvalue weighted by molar-refractivity contribution is -0.132. The lowest BCUT2D eigenvalue weighted by Gasteiger charge is -2.34. The van der Waals surface area contributed by atoms with Crippen LogP contribution < -0.4 is 0 Å². The number of likely N-dealkylation sites (N-methyl/N-ethyl adjacent to an activating group) is 1. The van der Waals surface area contributed by atoms with Crippen LogP contribution in [0.4, 0.5) is 0 Å². The molecule has 0 unspecified atom stereocenters. The fourth-order valence-corrected chi connectivity index (χ4v) is 3.50. The Hall–Kier alpha value is -1.59. The maximum atomic E-state index is 12.4. The molecule has 1 aliphatic rings. The van der Waals surface area contributed by atoms with Gasteiger partial charge in [-0.3, -0.25) is 4.79 Å². The summed E-state index contributed by atoms with van der Waals surface area (Å²) in [5, 5.41) is 0. The molecule has 0 saturated carbocycles. The van der Waals surface area contributed by atoms with Crippen molar-refractivity contribution in [3.63, 3.8) is 0 Å². The Labute approximate surface area is 151 Å². The number of piperazine rings is 1. The van der Waals surface area contributed by atoms with Crippen LogP contribution in [0.5, 0.6) is 0 Å². The quantitative estimate of drug-likeness (QED) is 0.778.